The summed E-state index contributed by atoms with van der Waals surface area (Å²) in [7, 11) is 0. The van der Waals surface area contributed by atoms with Crippen molar-refractivity contribution in [3.8, 4) is 11.8 Å². The van der Waals surface area contributed by atoms with Crippen LogP contribution in [-0.4, -0.2) is 38.2 Å². The maximum Gasteiger partial charge on any atom is 0.348 e. The number of imidazole rings is 1. The number of hydrogen-bond acceptors (Lipinski definition) is 5. The number of aromatic nitrogens is 2. The molecular weight excluding hydrogens is 490 g/mol. The lowest BCUT2D eigenvalue weighted by molar-refractivity contribution is -0.124. The quantitative estimate of drug-likeness (QED) is 0.402. The van der Waals surface area contributed by atoms with E-state index in [1.54, 1.807) is 18.0 Å². The molecule has 1 amide bonds. The molecule has 0 atom stereocenters. The van der Waals surface area contributed by atoms with Gasteiger partial charge in [-0.1, -0.05) is 30.5 Å². The van der Waals surface area contributed by atoms with E-state index in [4.69, 9.17) is 0 Å². The topological polar surface area (TPSA) is 86.3 Å². The van der Waals surface area contributed by atoms with Crippen molar-refractivity contribution in [3.63, 3.8) is 0 Å². The molecular formula is C28H37N3O3S2. The summed E-state index contributed by atoms with van der Waals surface area (Å²) >= 11 is 2.94. The highest BCUT2D eigenvalue weighted by Gasteiger charge is 2.37. The van der Waals surface area contributed by atoms with Crippen molar-refractivity contribution >= 4 is 40.7 Å². The number of carboxylic acids is 1. The zero-order valence-corrected chi connectivity index (χ0v) is 23.3. The van der Waals surface area contributed by atoms with Crippen LogP contribution in [0.4, 0.5) is 5.69 Å². The van der Waals surface area contributed by atoms with Gasteiger partial charge in [0, 0.05) is 35.0 Å². The largest absolute Gasteiger partial charge is 0.477 e. The number of carboxylic acid groups (broad SMARTS) is 1. The Morgan fingerprint density at radius 1 is 1.14 bits per heavy atom. The van der Waals surface area contributed by atoms with Crippen LogP contribution in [-0.2, 0) is 4.79 Å². The molecule has 0 radical (unpaired) electrons. The highest BCUT2D eigenvalue weighted by Crippen LogP contribution is 2.40. The summed E-state index contributed by atoms with van der Waals surface area (Å²) in [6, 6.07) is 1.85. The SMILES string of the molecule is CC(C)(C)C#Cc1cc(N(C(=O)[C@H]2CC[C@H](C)CC2)C2CCC(Sc3ncc[nH]3)CC2)c(C(=O)O)s1. The van der Waals surface area contributed by atoms with Crippen molar-refractivity contribution in [2.75, 3.05) is 4.90 Å². The van der Waals surface area contributed by atoms with E-state index in [1.165, 1.54) is 11.3 Å². The molecule has 2 aromatic heterocycles. The predicted octanol–water partition coefficient (Wildman–Crippen LogP) is 6.83. The normalized spacial score (nSPS) is 24.6. The Labute approximate surface area is 222 Å². The first-order chi connectivity index (χ1) is 17.1. The first-order valence-corrected chi connectivity index (χ1v) is 14.7. The van der Waals surface area contributed by atoms with Gasteiger partial charge >= 0.3 is 5.97 Å². The number of aromatic amines is 1. The number of aromatic carboxylic acids is 1. The number of nitrogens with one attached hydrogen (secondary N) is 1. The number of thiophene rings is 1. The van der Waals surface area contributed by atoms with Gasteiger partial charge in [0.1, 0.15) is 4.88 Å². The molecule has 0 aromatic carbocycles. The summed E-state index contributed by atoms with van der Waals surface area (Å²) in [6.07, 6.45) is 11.1. The van der Waals surface area contributed by atoms with Gasteiger partial charge in [0.05, 0.1) is 10.6 Å². The molecule has 0 bridgehead atoms. The van der Waals surface area contributed by atoms with E-state index in [9.17, 15) is 14.7 Å². The molecule has 2 N–H and O–H groups in total. The average Bonchev–Trinajstić information content (AvgIpc) is 3.49. The van der Waals surface area contributed by atoms with E-state index in [0.29, 0.717) is 21.7 Å². The maximum atomic E-state index is 14.0. The molecule has 4 rings (SSSR count). The van der Waals surface area contributed by atoms with E-state index < -0.39 is 5.97 Å². The number of amides is 1. The Kier molecular flexibility index (Phi) is 8.52. The lowest BCUT2D eigenvalue weighted by Crippen LogP contribution is -2.46. The van der Waals surface area contributed by atoms with Crippen LogP contribution in [0.15, 0.2) is 23.6 Å². The summed E-state index contributed by atoms with van der Waals surface area (Å²) in [5.74, 6) is 6.09. The minimum Gasteiger partial charge on any atom is -0.477 e. The van der Waals surface area contributed by atoms with Crippen molar-refractivity contribution in [2.24, 2.45) is 17.3 Å². The molecule has 36 heavy (non-hydrogen) atoms. The Balaban J connectivity index is 1.62. The lowest BCUT2D eigenvalue weighted by atomic mass is 9.81. The molecule has 2 aromatic rings. The molecule has 2 aliphatic rings. The monoisotopic (exact) mass is 527 g/mol. The number of nitrogens with zero attached hydrogens (tertiary/aromatic N) is 2. The van der Waals surface area contributed by atoms with Crippen LogP contribution in [0.5, 0.6) is 0 Å². The van der Waals surface area contributed by atoms with Gasteiger partial charge in [-0.3, -0.25) is 4.79 Å². The van der Waals surface area contributed by atoms with Crippen molar-refractivity contribution in [1.82, 2.24) is 9.97 Å². The van der Waals surface area contributed by atoms with Gasteiger partial charge in [-0.05, 0) is 84.1 Å². The van der Waals surface area contributed by atoms with Crippen LogP contribution in [0.1, 0.15) is 93.6 Å². The van der Waals surface area contributed by atoms with E-state index in [1.807, 2.05) is 37.9 Å². The molecule has 6 nitrogen and oxygen atoms in total. The summed E-state index contributed by atoms with van der Waals surface area (Å²) in [4.78, 5) is 36.6. The number of rotatable bonds is 6. The van der Waals surface area contributed by atoms with E-state index >= 15 is 0 Å². The number of anilines is 1. The molecule has 0 spiro atoms. The molecule has 0 unspecified atom stereocenters. The summed E-state index contributed by atoms with van der Waals surface area (Å²) < 4.78 is 0. The first-order valence-electron chi connectivity index (χ1n) is 13.0. The fourth-order valence-corrected chi connectivity index (χ4v) is 7.04. The summed E-state index contributed by atoms with van der Waals surface area (Å²) in [5, 5.41) is 11.4. The molecule has 8 heteroatoms. The fourth-order valence-electron chi connectivity index (χ4n) is 5.12. The molecule has 0 saturated heterocycles. The number of carbonyl (C=O) groups excluding carboxylic acids is 1. The summed E-state index contributed by atoms with van der Waals surface area (Å²) in [5.41, 5.74) is 0.350. The zero-order valence-electron chi connectivity index (χ0n) is 21.7. The second kappa shape index (κ2) is 11.4. The lowest BCUT2D eigenvalue weighted by Gasteiger charge is -2.39. The molecule has 2 fully saturated rings. The predicted molar refractivity (Wildman–Crippen MR) is 147 cm³/mol. The zero-order chi connectivity index (χ0) is 25.9. The minimum absolute atomic E-state index is 0.00132. The van der Waals surface area contributed by atoms with Crippen LogP contribution >= 0.6 is 23.1 Å². The second-order valence-corrected chi connectivity index (χ2v) is 13.6. The maximum absolute atomic E-state index is 14.0. The van der Waals surface area contributed by atoms with Gasteiger partial charge in [0.15, 0.2) is 5.16 Å². The Bertz CT molecular complexity index is 1110. The van der Waals surface area contributed by atoms with Gasteiger partial charge in [-0.15, -0.1) is 11.3 Å². The second-order valence-electron chi connectivity index (χ2n) is 11.2. The molecule has 194 valence electrons. The third-order valence-corrected chi connectivity index (χ3v) is 9.37. The van der Waals surface area contributed by atoms with Gasteiger partial charge in [-0.2, -0.15) is 0 Å². The van der Waals surface area contributed by atoms with Gasteiger partial charge in [-0.25, -0.2) is 9.78 Å². The molecule has 2 saturated carbocycles. The van der Waals surface area contributed by atoms with E-state index in [2.05, 4.69) is 28.7 Å². The van der Waals surface area contributed by atoms with Gasteiger partial charge in [0.2, 0.25) is 5.91 Å². The third-order valence-electron chi connectivity index (χ3n) is 7.09. The first kappa shape index (κ1) is 26.8. The molecule has 2 heterocycles. The molecule has 0 aliphatic heterocycles. The van der Waals surface area contributed by atoms with Crippen LogP contribution in [0.2, 0.25) is 0 Å². The summed E-state index contributed by atoms with van der Waals surface area (Å²) in [6.45, 7) is 8.35. The Morgan fingerprint density at radius 2 is 1.83 bits per heavy atom. The fraction of sp³-hybridized carbons (Fsp3) is 0.607. The van der Waals surface area contributed by atoms with Crippen molar-refractivity contribution in [3.05, 3.63) is 28.2 Å². The Morgan fingerprint density at radius 3 is 2.42 bits per heavy atom. The van der Waals surface area contributed by atoms with Crippen molar-refractivity contribution < 1.29 is 14.7 Å². The number of hydrogen-bond donors (Lipinski definition) is 2. The van der Waals surface area contributed by atoms with Crippen molar-refractivity contribution in [1.29, 1.82) is 0 Å². The average molecular weight is 528 g/mol. The smallest absolute Gasteiger partial charge is 0.348 e. The number of carbonyl (C=O) groups is 2. The van der Waals surface area contributed by atoms with Crippen LogP contribution in [0, 0.1) is 29.1 Å². The third kappa shape index (κ3) is 6.74. The highest BCUT2D eigenvalue weighted by molar-refractivity contribution is 7.99. The van der Waals surface area contributed by atoms with Crippen LogP contribution in [0.3, 0.4) is 0 Å². The van der Waals surface area contributed by atoms with Crippen LogP contribution in [0.25, 0.3) is 0 Å². The van der Waals surface area contributed by atoms with Gasteiger partial charge < -0.3 is 15.0 Å². The van der Waals surface area contributed by atoms with E-state index in [-0.39, 0.29) is 28.2 Å². The standard InChI is InChI=1S/C28H37N3O3S2/c1-18-5-7-19(8-6-18)25(32)31(20-9-11-21(12-10-20)36-27-29-15-16-30-27)23-17-22(13-14-28(2,3)4)35-24(23)26(33)34/h15-21H,5-12H2,1-4H3,(H,29,30)(H,33,34)/t18-,19-,20?,21?. The minimum atomic E-state index is -0.990. The van der Waals surface area contributed by atoms with E-state index in [0.717, 1.165) is 56.5 Å². The molecule has 2 aliphatic carbocycles. The van der Waals surface area contributed by atoms with Crippen molar-refractivity contribution in [2.45, 2.75) is 95.5 Å². The number of H-pyrrole nitrogens is 1. The van der Waals surface area contributed by atoms with Crippen LogP contribution < -0.4 is 4.90 Å². The van der Waals surface area contributed by atoms with Gasteiger partial charge in [0.25, 0.3) is 0 Å². The highest BCUT2D eigenvalue weighted by atomic mass is 32.2. The number of thioether (sulfide) groups is 1. The Hall–Kier alpha value is -2.24.